The highest BCUT2D eigenvalue weighted by Gasteiger charge is 2.15. The number of nitrogens with zero attached hydrogens (tertiary/aromatic N) is 1. The summed E-state index contributed by atoms with van der Waals surface area (Å²) in [4.78, 5) is 25.5. The Bertz CT molecular complexity index is 839. The number of hydrogen-bond donors (Lipinski definition) is 2. The van der Waals surface area contributed by atoms with Crippen LogP contribution in [0.4, 0.5) is 11.4 Å². The van der Waals surface area contributed by atoms with Gasteiger partial charge in [0.1, 0.15) is 0 Å². The van der Waals surface area contributed by atoms with Crippen molar-refractivity contribution in [1.82, 2.24) is 4.90 Å². The molecular weight excluding hydrogens is 338 g/mol. The largest absolute Gasteiger partial charge is 0.326 e. The van der Waals surface area contributed by atoms with Crippen LogP contribution in [0.25, 0.3) is 5.57 Å². The lowest BCUT2D eigenvalue weighted by molar-refractivity contribution is -0.117. The molecule has 5 nitrogen and oxygen atoms in total. The van der Waals surface area contributed by atoms with Crippen molar-refractivity contribution < 1.29 is 9.59 Å². The zero-order chi connectivity index (χ0) is 19.2. The normalized spacial score (nSPS) is 14.4. The van der Waals surface area contributed by atoms with Gasteiger partial charge in [-0.1, -0.05) is 35.9 Å². The van der Waals surface area contributed by atoms with E-state index in [1.807, 2.05) is 0 Å². The fraction of sp³-hybridized carbons (Fsp3) is 0.273. The summed E-state index contributed by atoms with van der Waals surface area (Å²) >= 11 is 0. The Morgan fingerprint density at radius 2 is 1.59 bits per heavy atom. The number of benzene rings is 2. The number of hydrogen-bond acceptors (Lipinski definition) is 3. The fourth-order valence-electron chi connectivity index (χ4n) is 3.13. The quantitative estimate of drug-likeness (QED) is 0.852. The maximum absolute atomic E-state index is 12.3. The van der Waals surface area contributed by atoms with Gasteiger partial charge in [0, 0.05) is 31.4 Å². The Hall–Kier alpha value is -2.92. The molecule has 0 saturated carbocycles. The Morgan fingerprint density at radius 3 is 2.15 bits per heavy atom. The van der Waals surface area contributed by atoms with E-state index >= 15 is 0 Å². The van der Waals surface area contributed by atoms with Crippen LogP contribution in [0.5, 0.6) is 0 Å². The van der Waals surface area contributed by atoms with E-state index < -0.39 is 0 Å². The first-order chi connectivity index (χ1) is 13.0. The molecule has 0 atom stereocenters. The van der Waals surface area contributed by atoms with Gasteiger partial charge in [0.15, 0.2) is 0 Å². The second-order valence-electron chi connectivity index (χ2n) is 6.89. The maximum Gasteiger partial charge on any atom is 0.238 e. The van der Waals surface area contributed by atoms with Gasteiger partial charge in [0.05, 0.1) is 6.54 Å². The summed E-state index contributed by atoms with van der Waals surface area (Å²) in [6, 6.07) is 15.7. The second-order valence-corrected chi connectivity index (χ2v) is 6.89. The zero-order valence-electron chi connectivity index (χ0n) is 15.8. The van der Waals surface area contributed by atoms with Gasteiger partial charge < -0.3 is 10.6 Å². The van der Waals surface area contributed by atoms with Crippen LogP contribution >= 0.6 is 0 Å². The molecule has 1 aliphatic rings. The van der Waals surface area contributed by atoms with E-state index in [0.29, 0.717) is 12.2 Å². The van der Waals surface area contributed by atoms with Crippen molar-refractivity contribution >= 4 is 28.8 Å². The van der Waals surface area contributed by atoms with Gasteiger partial charge in [0.2, 0.25) is 11.8 Å². The molecule has 0 bridgehead atoms. The lowest BCUT2D eigenvalue weighted by atomic mass is 9.98. The molecule has 5 heteroatoms. The molecule has 1 heterocycles. The summed E-state index contributed by atoms with van der Waals surface area (Å²) in [5, 5.41) is 5.61. The Balaban J connectivity index is 1.50. The van der Waals surface area contributed by atoms with Crippen LogP contribution in [0.15, 0.2) is 54.6 Å². The highest BCUT2D eigenvalue weighted by molar-refractivity contribution is 5.93. The topological polar surface area (TPSA) is 61.4 Å². The van der Waals surface area contributed by atoms with E-state index in [2.05, 4.69) is 52.8 Å². The first-order valence-corrected chi connectivity index (χ1v) is 9.15. The maximum atomic E-state index is 12.3. The number of rotatable bonds is 5. The molecule has 0 unspecified atom stereocenters. The number of amides is 2. The van der Waals surface area contributed by atoms with Crippen molar-refractivity contribution in [3.05, 3.63) is 65.7 Å². The van der Waals surface area contributed by atoms with E-state index in [1.54, 1.807) is 24.3 Å². The molecule has 1 aliphatic heterocycles. The molecule has 2 aromatic rings. The van der Waals surface area contributed by atoms with Crippen molar-refractivity contribution in [1.29, 1.82) is 0 Å². The standard InChI is InChI=1S/C22H25N3O2/c1-16-3-5-18(6-4-16)19-11-13-25(14-12-19)15-22(27)24-21-9-7-20(8-10-21)23-17(2)26/h3-11H,12-15H2,1-2H3,(H,23,26)(H,24,27). The minimum Gasteiger partial charge on any atom is -0.326 e. The van der Waals surface area contributed by atoms with Crippen LogP contribution in [0.3, 0.4) is 0 Å². The van der Waals surface area contributed by atoms with Crippen molar-refractivity contribution in [2.45, 2.75) is 20.3 Å². The zero-order valence-corrected chi connectivity index (χ0v) is 15.8. The van der Waals surface area contributed by atoms with Crippen LogP contribution in [-0.4, -0.2) is 36.3 Å². The third-order valence-corrected chi connectivity index (χ3v) is 4.57. The van der Waals surface area contributed by atoms with Crippen LogP contribution in [0.1, 0.15) is 24.5 Å². The molecule has 2 N–H and O–H groups in total. The Kier molecular flexibility index (Phi) is 6.04. The molecule has 0 radical (unpaired) electrons. The average molecular weight is 363 g/mol. The Morgan fingerprint density at radius 1 is 0.963 bits per heavy atom. The second kappa shape index (κ2) is 8.64. The summed E-state index contributed by atoms with van der Waals surface area (Å²) in [6.45, 7) is 5.57. The molecule has 3 rings (SSSR count). The van der Waals surface area contributed by atoms with Gasteiger partial charge in [-0.15, -0.1) is 0 Å². The van der Waals surface area contributed by atoms with Crippen molar-refractivity contribution in [3.63, 3.8) is 0 Å². The summed E-state index contributed by atoms with van der Waals surface area (Å²) in [5.74, 6) is -0.149. The molecule has 0 spiro atoms. The molecule has 0 aromatic heterocycles. The number of aryl methyl sites for hydroxylation is 1. The Labute approximate surface area is 160 Å². The molecule has 0 fully saturated rings. The summed E-state index contributed by atoms with van der Waals surface area (Å²) < 4.78 is 0. The smallest absolute Gasteiger partial charge is 0.238 e. The van der Waals surface area contributed by atoms with Gasteiger partial charge in [0.25, 0.3) is 0 Å². The van der Waals surface area contributed by atoms with Gasteiger partial charge in [-0.25, -0.2) is 0 Å². The van der Waals surface area contributed by atoms with Crippen molar-refractivity contribution in [2.24, 2.45) is 0 Å². The SMILES string of the molecule is CC(=O)Nc1ccc(NC(=O)CN2CC=C(c3ccc(C)cc3)CC2)cc1. The van der Waals surface area contributed by atoms with Crippen LogP contribution < -0.4 is 10.6 Å². The van der Waals surface area contributed by atoms with Gasteiger partial charge in [-0.05, 0) is 48.7 Å². The van der Waals surface area contributed by atoms with Crippen LogP contribution in [0, 0.1) is 6.92 Å². The first-order valence-electron chi connectivity index (χ1n) is 9.15. The van der Waals surface area contributed by atoms with E-state index in [4.69, 9.17) is 0 Å². The van der Waals surface area contributed by atoms with E-state index in [-0.39, 0.29) is 11.8 Å². The van der Waals surface area contributed by atoms with E-state index in [0.717, 1.165) is 25.2 Å². The van der Waals surface area contributed by atoms with Gasteiger partial charge in [-0.3, -0.25) is 14.5 Å². The highest BCUT2D eigenvalue weighted by Crippen LogP contribution is 2.22. The molecule has 0 aliphatic carbocycles. The average Bonchev–Trinajstić information content (AvgIpc) is 2.64. The van der Waals surface area contributed by atoms with Crippen LogP contribution in [0.2, 0.25) is 0 Å². The minimum absolute atomic E-state index is 0.0329. The molecule has 27 heavy (non-hydrogen) atoms. The fourth-order valence-corrected chi connectivity index (χ4v) is 3.13. The van der Waals surface area contributed by atoms with Gasteiger partial charge >= 0.3 is 0 Å². The lowest BCUT2D eigenvalue weighted by Gasteiger charge is -2.26. The van der Waals surface area contributed by atoms with Gasteiger partial charge in [-0.2, -0.15) is 0 Å². The lowest BCUT2D eigenvalue weighted by Crippen LogP contribution is -2.36. The predicted octanol–water partition coefficient (Wildman–Crippen LogP) is 3.68. The molecule has 2 amide bonds. The number of carbonyl (C=O) groups excluding carboxylic acids is 2. The monoisotopic (exact) mass is 363 g/mol. The highest BCUT2D eigenvalue weighted by atomic mass is 16.2. The molecule has 2 aromatic carbocycles. The van der Waals surface area contributed by atoms with Crippen LogP contribution in [-0.2, 0) is 9.59 Å². The number of nitrogens with one attached hydrogen (secondary N) is 2. The molecular formula is C22H25N3O2. The summed E-state index contributed by atoms with van der Waals surface area (Å²) in [5.41, 5.74) is 5.31. The third-order valence-electron chi connectivity index (χ3n) is 4.57. The molecule has 140 valence electrons. The van der Waals surface area contributed by atoms with E-state index in [9.17, 15) is 9.59 Å². The van der Waals surface area contributed by atoms with Crippen molar-refractivity contribution in [2.75, 3.05) is 30.3 Å². The summed E-state index contributed by atoms with van der Waals surface area (Å²) in [7, 11) is 0. The summed E-state index contributed by atoms with van der Waals surface area (Å²) in [6.07, 6.45) is 3.16. The predicted molar refractivity (Wildman–Crippen MR) is 110 cm³/mol. The first kappa shape index (κ1) is 18.9. The number of anilines is 2. The number of carbonyl (C=O) groups is 2. The van der Waals surface area contributed by atoms with E-state index in [1.165, 1.54) is 23.6 Å². The van der Waals surface area contributed by atoms with Crippen molar-refractivity contribution in [3.8, 4) is 0 Å². The minimum atomic E-state index is -0.116. The third kappa shape index (κ3) is 5.53. The molecule has 0 saturated heterocycles.